The molecule has 15 heteroatoms. The number of urea groups is 1. The van der Waals surface area contributed by atoms with Gasteiger partial charge in [0.1, 0.15) is 11.6 Å². The number of fused-ring (bicyclic) bond motifs is 2. The molecule has 2 fully saturated rings. The van der Waals surface area contributed by atoms with Gasteiger partial charge in [-0.25, -0.2) is 13.6 Å². The molecule has 0 bridgehead atoms. The summed E-state index contributed by atoms with van der Waals surface area (Å²) in [5.41, 5.74) is 9.23. The van der Waals surface area contributed by atoms with E-state index in [2.05, 4.69) is 31.5 Å². The van der Waals surface area contributed by atoms with E-state index in [9.17, 15) is 23.2 Å². The van der Waals surface area contributed by atoms with Gasteiger partial charge in [-0.05, 0) is 75.2 Å². The van der Waals surface area contributed by atoms with Crippen molar-refractivity contribution in [3.05, 3.63) is 95.1 Å². The van der Waals surface area contributed by atoms with E-state index < -0.39 is 5.82 Å². The predicted molar refractivity (Wildman–Crippen MR) is 193 cm³/mol. The number of carbonyl (C=O) groups excluding carboxylic acids is 3. The number of hydrogen-bond acceptors (Lipinski definition) is 9. The summed E-state index contributed by atoms with van der Waals surface area (Å²) in [6.07, 6.45) is 11.3. The molecule has 2 spiro atoms. The van der Waals surface area contributed by atoms with Crippen LogP contribution < -0.4 is 27.0 Å². The Bertz CT molecular complexity index is 1910. The number of piperidine rings is 2. The molecule has 2 aromatic carbocycles. The molecule has 276 valence electrons. The Hall–Kier alpha value is -5.15. The van der Waals surface area contributed by atoms with Crippen molar-refractivity contribution in [3.63, 3.8) is 0 Å². The fourth-order valence-electron chi connectivity index (χ4n) is 7.25. The standard InChI is InChI=1S/C19H22FN5O2.C13H15FN2O.C5H9N3/c1-24-12-13(11-22-24)10-21-18(27)25-6-4-19(5-7-25)9-17(26)15-8-14(20)2-3-16(15)23-19;14-9-1-2-11-10(7-9)12(17)8-13(16-11)3-5-15-6-4-13;1-8-4-5(2-6)3-7-8/h2-3,8,11-12,23H,4-7,9-10H2,1H3,(H,21,27);1-2,7,15-16H,3-6,8H2;3-4H,2,6H2,1H3. The summed E-state index contributed by atoms with van der Waals surface area (Å²) < 4.78 is 29.9. The van der Waals surface area contributed by atoms with E-state index in [1.165, 1.54) is 24.3 Å². The molecule has 4 aromatic rings. The van der Waals surface area contributed by atoms with Gasteiger partial charge in [-0.2, -0.15) is 10.2 Å². The van der Waals surface area contributed by atoms with Gasteiger partial charge in [0.2, 0.25) is 0 Å². The molecule has 6 heterocycles. The second kappa shape index (κ2) is 15.6. The molecule has 4 aliphatic heterocycles. The molecule has 0 radical (unpaired) electrons. The van der Waals surface area contributed by atoms with E-state index in [0.29, 0.717) is 68.7 Å². The number of likely N-dealkylation sites (tertiary alicyclic amines) is 1. The van der Waals surface area contributed by atoms with E-state index in [4.69, 9.17) is 5.73 Å². The van der Waals surface area contributed by atoms with E-state index >= 15 is 0 Å². The van der Waals surface area contributed by atoms with Crippen molar-refractivity contribution >= 4 is 29.0 Å². The lowest BCUT2D eigenvalue weighted by Gasteiger charge is -2.45. The van der Waals surface area contributed by atoms with Crippen LogP contribution >= 0.6 is 0 Å². The lowest BCUT2D eigenvalue weighted by Crippen LogP contribution is -2.55. The highest BCUT2D eigenvalue weighted by molar-refractivity contribution is 6.04. The SMILES string of the molecule is Cn1cc(CN)cn1.Cn1cc(CNC(=O)N2CCC3(CC2)CC(=O)c2cc(F)ccc2N3)cn1.O=C1CC2(CCNCC2)Nc2ccc(F)cc21. The highest BCUT2D eigenvalue weighted by Crippen LogP contribution is 2.38. The van der Waals surface area contributed by atoms with Gasteiger partial charge in [-0.3, -0.25) is 19.0 Å². The molecule has 6 N–H and O–H groups in total. The summed E-state index contributed by atoms with van der Waals surface area (Å²) in [6.45, 7) is 4.00. The van der Waals surface area contributed by atoms with Gasteiger partial charge in [-0.1, -0.05) is 0 Å². The zero-order valence-corrected chi connectivity index (χ0v) is 29.6. The third kappa shape index (κ3) is 8.65. The van der Waals surface area contributed by atoms with E-state index in [1.807, 2.05) is 26.5 Å². The first kappa shape index (κ1) is 36.6. The fraction of sp³-hybridized carbons (Fsp3) is 0.432. The number of aromatic nitrogens is 4. The number of benzene rings is 2. The molecule has 0 aliphatic carbocycles. The molecule has 0 atom stereocenters. The maximum absolute atomic E-state index is 13.4. The van der Waals surface area contributed by atoms with Crippen molar-refractivity contribution in [2.24, 2.45) is 19.8 Å². The zero-order valence-electron chi connectivity index (χ0n) is 29.6. The van der Waals surface area contributed by atoms with Gasteiger partial charge >= 0.3 is 6.03 Å². The van der Waals surface area contributed by atoms with Crippen molar-refractivity contribution in [1.82, 2.24) is 35.1 Å². The molecule has 2 aromatic heterocycles. The number of amides is 2. The Morgan fingerprint density at radius 2 is 1.31 bits per heavy atom. The molecule has 8 rings (SSSR count). The molecule has 2 saturated heterocycles. The normalized spacial score (nSPS) is 18.1. The summed E-state index contributed by atoms with van der Waals surface area (Å²) in [5, 5.41) is 21.1. The van der Waals surface area contributed by atoms with Gasteiger partial charge in [0.15, 0.2) is 11.6 Å². The fourth-order valence-corrected chi connectivity index (χ4v) is 7.25. The molecule has 4 aliphatic rings. The summed E-state index contributed by atoms with van der Waals surface area (Å²) in [5.74, 6) is -0.738. The minimum atomic E-state index is -0.403. The van der Waals surface area contributed by atoms with Crippen molar-refractivity contribution in [2.45, 2.75) is 62.7 Å². The van der Waals surface area contributed by atoms with E-state index in [1.54, 1.807) is 38.8 Å². The van der Waals surface area contributed by atoms with Crippen LogP contribution in [0.1, 0.15) is 70.4 Å². The Labute approximate surface area is 301 Å². The number of nitrogens with one attached hydrogen (secondary N) is 4. The highest BCUT2D eigenvalue weighted by atomic mass is 19.1. The van der Waals surface area contributed by atoms with Crippen LogP contribution in [-0.2, 0) is 27.2 Å². The monoisotopic (exact) mass is 716 g/mol. The van der Waals surface area contributed by atoms with Crippen LogP contribution in [0.15, 0.2) is 61.2 Å². The largest absolute Gasteiger partial charge is 0.378 e. The van der Waals surface area contributed by atoms with Crippen LogP contribution in [0.3, 0.4) is 0 Å². The molecule has 0 saturated carbocycles. The second-order valence-corrected chi connectivity index (χ2v) is 14.0. The quantitative estimate of drug-likeness (QED) is 0.210. The Balaban J connectivity index is 0.000000157. The third-order valence-electron chi connectivity index (χ3n) is 10.1. The Morgan fingerprint density at radius 1 is 0.808 bits per heavy atom. The summed E-state index contributed by atoms with van der Waals surface area (Å²) in [4.78, 5) is 38.7. The Kier molecular flexibility index (Phi) is 11.0. The lowest BCUT2D eigenvalue weighted by atomic mass is 9.78. The first-order valence-corrected chi connectivity index (χ1v) is 17.6. The van der Waals surface area contributed by atoms with Gasteiger partial charge in [0.25, 0.3) is 0 Å². The molecule has 0 unspecified atom stereocenters. The zero-order chi connectivity index (χ0) is 36.9. The van der Waals surface area contributed by atoms with Crippen molar-refractivity contribution in [2.75, 3.05) is 36.8 Å². The number of carbonyl (C=O) groups is 3. The first-order valence-electron chi connectivity index (χ1n) is 17.6. The second-order valence-electron chi connectivity index (χ2n) is 14.0. The van der Waals surface area contributed by atoms with Crippen LogP contribution in [0.5, 0.6) is 0 Å². The molecular weight excluding hydrogens is 670 g/mol. The van der Waals surface area contributed by atoms with Crippen LogP contribution in [0.2, 0.25) is 0 Å². The number of hydrogen-bond donors (Lipinski definition) is 5. The maximum Gasteiger partial charge on any atom is 0.317 e. The maximum atomic E-state index is 13.4. The molecule has 2 amide bonds. The van der Waals surface area contributed by atoms with Gasteiger partial charge < -0.3 is 31.9 Å². The van der Waals surface area contributed by atoms with Gasteiger partial charge in [0.05, 0.1) is 12.4 Å². The van der Waals surface area contributed by atoms with Gasteiger partial charge in [-0.15, -0.1) is 0 Å². The van der Waals surface area contributed by atoms with E-state index in [0.717, 1.165) is 42.7 Å². The number of halogens is 2. The van der Waals surface area contributed by atoms with Crippen molar-refractivity contribution in [1.29, 1.82) is 0 Å². The lowest BCUT2D eigenvalue weighted by molar-refractivity contribution is 0.0911. The molecule has 13 nitrogen and oxygen atoms in total. The number of aryl methyl sites for hydroxylation is 2. The number of anilines is 2. The number of ketones is 2. The average Bonchev–Trinajstić information content (AvgIpc) is 3.76. The van der Waals surface area contributed by atoms with Crippen molar-refractivity contribution < 1.29 is 23.2 Å². The minimum absolute atomic E-state index is 0.0438. The minimum Gasteiger partial charge on any atom is -0.378 e. The molecule has 52 heavy (non-hydrogen) atoms. The smallest absolute Gasteiger partial charge is 0.317 e. The van der Waals surface area contributed by atoms with Crippen LogP contribution in [0.25, 0.3) is 0 Å². The number of nitrogens with zero attached hydrogens (tertiary/aromatic N) is 5. The average molecular weight is 717 g/mol. The highest BCUT2D eigenvalue weighted by Gasteiger charge is 2.42. The van der Waals surface area contributed by atoms with Gasteiger partial charge in [0, 0.05) is 110 Å². The van der Waals surface area contributed by atoms with Crippen LogP contribution in [0.4, 0.5) is 25.0 Å². The summed E-state index contributed by atoms with van der Waals surface area (Å²) in [6, 6.07) is 8.57. The first-order chi connectivity index (χ1) is 24.9. The van der Waals surface area contributed by atoms with E-state index in [-0.39, 0.29) is 34.5 Å². The van der Waals surface area contributed by atoms with Crippen LogP contribution in [0, 0.1) is 11.6 Å². The number of nitrogens with two attached hydrogens (primary N) is 1. The summed E-state index contributed by atoms with van der Waals surface area (Å²) in [7, 11) is 3.71. The van der Waals surface area contributed by atoms with Crippen molar-refractivity contribution in [3.8, 4) is 0 Å². The summed E-state index contributed by atoms with van der Waals surface area (Å²) >= 11 is 0. The Morgan fingerprint density at radius 3 is 1.77 bits per heavy atom. The molecular formula is C37H46F2N10O3. The number of Topliss-reactive ketones (excluding diaryl/α,β-unsaturated/α-hetero) is 2. The predicted octanol–water partition coefficient (Wildman–Crippen LogP) is 4.13. The third-order valence-corrected chi connectivity index (χ3v) is 10.1. The topological polar surface area (TPSA) is 164 Å². The number of rotatable bonds is 3. The van der Waals surface area contributed by atoms with Crippen LogP contribution in [-0.4, -0.2) is 79.3 Å².